The van der Waals surface area contributed by atoms with Crippen molar-refractivity contribution in [1.29, 1.82) is 0 Å². The van der Waals surface area contributed by atoms with Crippen molar-refractivity contribution >= 4 is 35.5 Å². The topological polar surface area (TPSA) is 164 Å². The molecule has 5 aromatic rings. The second-order valence-electron chi connectivity index (χ2n) is 17.2. The first-order valence-corrected chi connectivity index (χ1v) is 21.7. The molecule has 0 radical (unpaired) electrons. The molecule has 0 aliphatic carbocycles. The summed E-state index contributed by atoms with van der Waals surface area (Å²) in [5.74, 6) is -3.59. The van der Waals surface area contributed by atoms with E-state index in [4.69, 9.17) is 18.9 Å². The summed E-state index contributed by atoms with van der Waals surface area (Å²) in [4.78, 5) is 80.4. The van der Waals surface area contributed by atoms with E-state index in [2.05, 4.69) is 5.32 Å². The van der Waals surface area contributed by atoms with E-state index in [0.29, 0.717) is 34.6 Å². The Balaban J connectivity index is 1.31. The van der Waals surface area contributed by atoms with E-state index in [1.54, 1.807) is 62.3 Å². The highest BCUT2D eigenvalue weighted by Gasteiger charge is 2.76. The number of benzene rings is 5. The quantitative estimate of drug-likeness (QED) is 0.154. The number of ether oxygens (including phenoxy) is 4. The van der Waals surface area contributed by atoms with Crippen LogP contribution in [-0.4, -0.2) is 84.6 Å². The first-order valence-electron chi connectivity index (χ1n) is 21.7. The first-order chi connectivity index (χ1) is 31.4. The zero-order valence-electron chi connectivity index (χ0n) is 36.7. The number of anilines is 1. The molecular weight excluding hydrogens is 829 g/mol. The fourth-order valence-electron chi connectivity index (χ4n) is 10.6. The number of fused-ring (bicyclic) bond motifs is 4. The zero-order chi connectivity index (χ0) is 45.7. The highest BCUT2D eigenvalue weighted by Crippen LogP contribution is 2.66. The highest BCUT2D eigenvalue weighted by atomic mass is 16.6. The number of carbonyl (C=O) groups excluding carboxylic acids is 5. The van der Waals surface area contributed by atoms with E-state index in [-0.39, 0.29) is 24.5 Å². The monoisotopic (exact) mass is 878 g/mol. The van der Waals surface area contributed by atoms with Gasteiger partial charge in [-0.2, -0.15) is 0 Å². The number of para-hydroxylation sites is 1. The smallest absolute Gasteiger partial charge is 0.329 e. The van der Waals surface area contributed by atoms with Crippen LogP contribution in [0.4, 0.5) is 10.5 Å². The molecule has 334 valence electrons. The average Bonchev–Trinajstić information content (AvgIpc) is 3.79. The molecular formula is C51H50N4O10. The summed E-state index contributed by atoms with van der Waals surface area (Å²) in [6.07, 6.45) is -0.469. The van der Waals surface area contributed by atoms with E-state index in [1.807, 2.05) is 77.7 Å². The standard InChI is InChI=1S/C51H50N4O10/c1-29(2)41(47(58)64-5)52-50(61)54-37-19-13-12-18-36(37)51(49(54)60)40(46(57)53-25-24-33-26-38(62-3)39(63-4)27-34(33)28-53)43-48(59)65-44(31-16-10-7-11-17-31)42(30-14-8-6-9-15-30)55(43)45(51)32-20-22-35(56)23-21-32/h6-23,26-27,29,40-45,56H,24-25,28H2,1-5H3,(H,52,61)/t40-,41-,42-,43-,44+,45+,51-/m0/s1. The van der Waals surface area contributed by atoms with Crippen LogP contribution < -0.4 is 19.7 Å². The van der Waals surface area contributed by atoms with Gasteiger partial charge in [0.15, 0.2) is 11.5 Å². The fourth-order valence-corrected chi connectivity index (χ4v) is 10.6. The van der Waals surface area contributed by atoms with Crippen LogP contribution in [0.5, 0.6) is 17.2 Å². The third-order valence-electron chi connectivity index (χ3n) is 13.5. The molecule has 14 heteroatoms. The lowest BCUT2D eigenvalue weighted by Gasteiger charge is -2.46. The molecule has 0 bridgehead atoms. The summed E-state index contributed by atoms with van der Waals surface area (Å²) in [7, 11) is 4.32. The molecule has 14 nitrogen and oxygen atoms in total. The Morgan fingerprint density at radius 2 is 1.38 bits per heavy atom. The number of hydrogen-bond acceptors (Lipinski definition) is 11. The van der Waals surface area contributed by atoms with Crippen LogP contribution in [0.15, 0.2) is 121 Å². The molecule has 4 aliphatic heterocycles. The van der Waals surface area contributed by atoms with Gasteiger partial charge in [-0.3, -0.25) is 19.3 Å². The van der Waals surface area contributed by atoms with Gasteiger partial charge in [0.1, 0.15) is 29.4 Å². The summed E-state index contributed by atoms with van der Waals surface area (Å²) < 4.78 is 22.9. The van der Waals surface area contributed by atoms with Gasteiger partial charge in [0.25, 0.3) is 0 Å². The summed E-state index contributed by atoms with van der Waals surface area (Å²) in [6.45, 7) is 3.85. The number of morpholine rings is 1. The maximum absolute atomic E-state index is 16.4. The Morgan fingerprint density at radius 3 is 2.02 bits per heavy atom. The van der Waals surface area contributed by atoms with Crippen molar-refractivity contribution in [3.05, 3.63) is 155 Å². The van der Waals surface area contributed by atoms with E-state index >= 15 is 14.4 Å². The molecule has 7 atom stereocenters. The van der Waals surface area contributed by atoms with E-state index in [0.717, 1.165) is 21.6 Å². The first kappa shape index (κ1) is 43.1. The number of carbonyl (C=O) groups is 5. The number of amides is 4. The molecule has 65 heavy (non-hydrogen) atoms. The number of imide groups is 1. The van der Waals surface area contributed by atoms with Crippen molar-refractivity contribution in [3.8, 4) is 17.2 Å². The lowest BCUT2D eigenvalue weighted by Crippen LogP contribution is -2.58. The van der Waals surface area contributed by atoms with Gasteiger partial charge in [0.2, 0.25) is 11.8 Å². The van der Waals surface area contributed by atoms with Gasteiger partial charge in [0, 0.05) is 13.1 Å². The Kier molecular flexibility index (Phi) is 11.3. The Bertz CT molecular complexity index is 2660. The van der Waals surface area contributed by atoms with Crippen LogP contribution in [0.2, 0.25) is 0 Å². The molecule has 0 saturated carbocycles. The number of phenolic OH excluding ortho intramolecular Hbond substituents is 1. The number of phenols is 1. The average molecular weight is 879 g/mol. The minimum Gasteiger partial charge on any atom is -0.508 e. The van der Waals surface area contributed by atoms with Gasteiger partial charge in [-0.1, -0.05) is 105 Å². The Morgan fingerprint density at radius 1 is 0.769 bits per heavy atom. The number of nitrogens with one attached hydrogen (secondary N) is 1. The fraction of sp³-hybridized carbons (Fsp3) is 0.314. The van der Waals surface area contributed by atoms with Crippen molar-refractivity contribution in [1.82, 2.24) is 15.1 Å². The summed E-state index contributed by atoms with van der Waals surface area (Å²) in [5.41, 5.74) is 2.26. The predicted octanol–water partition coefficient (Wildman–Crippen LogP) is 6.57. The minimum absolute atomic E-state index is 0.0365. The van der Waals surface area contributed by atoms with Crippen LogP contribution >= 0.6 is 0 Å². The normalized spacial score (nSPS) is 23.9. The summed E-state index contributed by atoms with van der Waals surface area (Å²) >= 11 is 0. The number of urea groups is 1. The number of cyclic esters (lactones) is 1. The third-order valence-corrected chi connectivity index (χ3v) is 13.5. The lowest BCUT2D eigenvalue weighted by atomic mass is 9.65. The number of esters is 2. The third kappa shape index (κ3) is 6.94. The van der Waals surface area contributed by atoms with Crippen molar-refractivity contribution in [2.24, 2.45) is 11.8 Å². The number of methoxy groups -OCH3 is 3. The van der Waals surface area contributed by atoms with E-state index < -0.39 is 77.3 Å². The Hall–Kier alpha value is -7.19. The largest absolute Gasteiger partial charge is 0.508 e. The van der Waals surface area contributed by atoms with Gasteiger partial charge < -0.3 is 34.3 Å². The SMILES string of the molecule is COC(=O)[C@@H](NC(=O)N1C(=O)[C@@]2(c3ccccc31)[C@H](C(=O)N1CCc3cc(OC)c(OC)cc3C1)[C@H]1C(=O)O[C@H](c3ccccc3)[C@H](c3ccccc3)N1[C@@H]2c1ccc(O)cc1)C(C)C. The zero-order valence-corrected chi connectivity index (χ0v) is 36.7. The van der Waals surface area contributed by atoms with Crippen LogP contribution in [-0.2, 0) is 47.0 Å². The summed E-state index contributed by atoms with van der Waals surface area (Å²) in [5, 5.41) is 13.5. The van der Waals surface area contributed by atoms with Crippen LogP contribution in [0, 0.1) is 11.8 Å². The van der Waals surface area contributed by atoms with Crippen LogP contribution in [0.25, 0.3) is 0 Å². The molecule has 4 heterocycles. The van der Waals surface area contributed by atoms with Crippen LogP contribution in [0.3, 0.4) is 0 Å². The lowest BCUT2D eigenvalue weighted by molar-refractivity contribution is -0.179. The molecule has 4 amide bonds. The van der Waals surface area contributed by atoms with Crippen molar-refractivity contribution in [3.63, 3.8) is 0 Å². The predicted molar refractivity (Wildman–Crippen MR) is 238 cm³/mol. The van der Waals surface area contributed by atoms with Gasteiger partial charge in [-0.05, 0) is 76.1 Å². The van der Waals surface area contributed by atoms with Crippen molar-refractivity contribution in [2.75, 3.05) is 32.8 Å². The number of hydrogen-bond donors (Lipinski definition) is 2. The van der Waals surface area contributed by atoms with Gasteiger partial charge >= 0.3 is 18.0 Å². The van der Waals surface area contributed by atoms with Crippen molar-refractivity contribution in [2.45, 2.75) is 62.5 Å². The number of aromatic hydroxyl groups is 1. The van der Waals surface area contributed by atoms with Crippen molar-refractivity contribution < 1.29 is 48.0 Å². The molecule has 2 fully saturated rings. The molecule has 2 saturated heterocycles. The molecule has 4 aliphatic rings. The van der Waals surface area contributed by atoms with Gasteiger partial charge in [-0.25, -0.2) is 14.5 Å². The second kappa shape index (κ2) is 17.1. The van der Waals surface area contributed by atoms with E-state index in [1.165, 1.54) is 26.4 Å². The highest BCUT2D eigenvalue weighted by molar-refractivity contribution is 6.25. The summed E-state index contributed by atoms with van der Waals surface area (Å²) in [6, 6.07) is 30.4. The second-order valence-corrected chi connectivity index (χ2v) is 17.2. The Labute approximate surface area is 376 Å². The maximum Gasteiger partial charge on any atom is 0.329 e. The van der Waals surface area contributed by atoms with E-state index in [9.17, 15) is 14.7 Å². The molecule has 0 aromatic heterocycles. The van der Waals surface area contributed by atoms with Gasteiger partial charge in [0.05, 0.1) is 45.0 Å². The molecule has 5 aromatic carbocycles. The van der Waals surface area contributed by atoms with Crippen LogP contribution in [0.1, 0.15) is 65.4 Å². The molecule has 0 unspecified atom stereocenters. The molecule has 1 spiro atoms. The number of rotatable bonds is 9. The minimum atomic E-state index is -1.99. The number of nitrogens with zero attached hydrogens (tertiary/aromatic N) is 3. The maximum atomic E-state index is 16.4. The molecule has 2 N–H and O–H groups in total. The van der Waals surface area contributed by atoms with Gasteiger partial charge in [-0.15, -0.1) is 0 Å². The molecule has 9 rings (SSSR count).